The Morgan fingerprint density at radius 3 is 2.78 bits per heavy atom. The minimum absolute atomic E-state index is 0.134. The Morgan fingerprint density at radius 2 is 2.04 bits per heavy atom. The van der Waals surface area contributed by atoms with Crippen LogP contribution >= 0.6 is 11.6 Å². The zero-order valence-electron chi connectivity index (χ0n) is 11.8. The maximum absolute atomic E-state index is 12.9. The highest BCUT2D eigenvalue weighted by atomic mass is 35.5. The van der Waals surface area contributed by atoms with Crippen LogP contribution in [0.25, 0.3) is 11.3 Å². The summed E-state index contributed by atoms with van der Waals surface area (Å²) in [5.41, 5.74) is 1.57. The van der Waals surface area contributed by atoms with E-state index in [-0.39, 0.29) is 29.0 Å². The lowest BCUT2D eigenvalue weighted by Crippen LogP contribution is -2.23. The topological polar surface area (TPSA) is 68.0 Å². The van der Waals surface area contributed by atoms with Crippen molar-refractivity contribution >= 4 is 17.5 Å². The van der Waals surface area contributed by atoms with Crippen LogP contribution in [-0.4, -0.2) is 16.0 Å². The van der Waals surface area contributed by atoms with Gasteiger partial charge in [-0.15, -0.1) is 0 Å². The van der Waals surface area contributed by atoms with Crippen molar-refractivity contribution in [3.05, 3.63) is 71.0 Å². The third-order valence-electron chi connectivity index (χ3n) is 3.13. The van der Waals surface area contributed by atoms with Gasteiger partial charge in [-0.3, -0.25) is 4.79 Å². The van der Waals surface area contributed by atoms with E-state index in [1.165, 1.54) is 18.3 Å². The molecule has 0 aliphatic carbocycles. The van der Waals surface area contributed by atoms with E-state index in [4.69, 9.17) is 16.1 Å². The molecular weight excluding hydrogens is 321 g/mol. The summed E-state index contributed by atoms with van der Waals surface area (Å²) in [5.74, 6) is -0.210. The number of amides is 1. The summed E-state index contributed by atoms with van der Waals surface area (Å²) in [4.78, 5) is 15.9. The Bertz CT molecular complexity index is 833. The molecule has 0 atom stereocenters. The first kappa shape index (κ1) is 15.2. The number of aromatic nitrogens is 2. The van der Waals surface area contributed by atoms with Crippen LogP contribution in [0.4, 0.5) is 4.39 Å². The summed E-state index contributed by atoms with van der Waals surface area (Å²) in [6.07, 6.45) is 1.50. The van der Waals surface area contributed by atoms with Gasteiger partial charge >= 0.3 is 0 Å². The van der Waals surface area contributed by atoms with E-state index < -0.39 is 0 Å². The molecule has 0 spiro atoms. The summed E-state index contributed by atoms with van der Waals surface area (Å²) in [7, 11) is 0. The van der Waals surface area contributed by atoms with Crippen LogP contribution in [0.5, 0.6) is 0 Å². The van der Waals surface area contributed by atoms with Gasteiger partial charge in [0.15, 0.2) is 5.76 Å². The van der Waals surface area contributed by atoms with E-state index in [0.717, 1.165) is 5.56 Å². The zero-order chi connectivity index (χ0) is 16.2. The van der Waals surface area contributed by atoms with Crippen molar-refractivity contribution in [3.63, 3.8) is 0 Å². The molecule has 2 aromatic heterocycles. The third kappa shape index (κ3) is 3.54. The minimum atomic E-state index is -0.358. The summed E-state index contributed by atoms with van der Waals surface area (Å²) in [6, 6.07) is 10.8. The predicted octanol–water partition coefficient (Wildman–Crippen LogP) is 3.46. The zero-order valence-corrected chi connectivity index (χ0v) is 12.5. The average molecular weight is 332 g/mol. The molecule has 0 saturated heterocycles. The fourth-order valence-electron chi connectivity index (χ4n) is 1.97. The van der Waals surface area contributed by atoms with Gasteiger partial charge in [0.2, 0.25) is 0 Å². The molecule has 0 aliphatic rings. The van der Waals surface area contributed by atoms with E-state index in [1.807, 2.05) is 0 Å². The molecule has 0 saturated carbocycles. The van der Waals surface area contributed by atoms with Gasteiger partial charge in [0.1, 0.15) is 16.7 Å². The van der Waals surface area contributed by atoms with Gasteiger partial charge in [-0.25, -0.2) is 9.37 Å². The number of hydrogen-bond acceptors (Lipinski definition) is 4. The van der Waals surface area contributed by atoms with Crippen LogP contribution < -0.4 is 5.32 Å². The van der Waals surface area contributed by atoms with Gasteiger partial charge in [0.25, 0.3) is 5.91 Å². The van der Waals surface area contributed by atoms with E-state index in [0.29, 0.717) is 11.5 Å². The van der Waals surface area contributed by atoms with E-state index in [1.54, 1.807) is 30.3 Å². The van der Waals surface area contributed by atoms with Crippen LogP contribution in [0.3, 0.4) is 0 Å². The van der Waals surface area contributed by atoms with Gasteiger partial charge in [-0.1, -0.05) is 16.8 Å². The van der Waals surface area contributed by atoms with Gasteiger partial charge in [-0.05, 0) is 36.4 Å². The lowest BCUT2D eigenvalue weighted by molar-refractivity contribution is 0.0947. The SMILES string of the molecule is O=C(NCc1cc(-c2ccc(F)cc2)no1)c1cccnc1Cl. The van der Waals surface area contributed by atoms with E-state index in [2.05, 4.69) is 15.5 Å². The standard InChI is InChI=1S/C16H11ClFN3O2/c17-15-13(2-1-7-19-15)16(22)20-9-12-8-14(21-23-12)10-3-5-11(18)6-4-10/h1-8H,9H2,(H,20,22). The number of nitrogens with zero attached hydrogens (tertiary/aromatic N) is 2. The number of hydrogen-bond donors (Lipinski definition) is 1. The van der Waals surface area contributed by atoms with Crippen LogP contribution in [0.2, 0.25) is 5.15 Å². The molecule has 116 valence electrons. The van der Waals surface area contributed by atoms with Crippen molar-refractivity contribution in [2.75, 3.05) is 0 Å². The molecule has 0 bridgehead atoms. The lowest BCUT2D eigenvalue weighted by Gasteiger charge is -2.03. The molecule has 3 rings (SSSR count). The fraction of sp³-hybridized carbons (Fsp3) is 0.0625. The smallest absolute Gasteiger partial charge is 0.254 e. The molecule has 7 heteroatoms. The molecule has 1 N–H and O–H groups in total. The molecule has 23 heavy (non-hydrogen) atoms. The first-order valence-electron chi connectivity index (χ1n) is 6.74. The Balaban J connectivity index is 1.67. The van der Waals surface area contributed by atoms with Crippen molar-refractivity contribution in [3.8, 4) is 11.3 Å². The van der Waals surface area contributed by atoms with Gasteiger partial charge in [-0.2, -0.15) is 0 Å². The molecule has 1 aromatic carbocycles. The summed E-state index contributed by atoms with van der Waals surface area (Å²) >= 11 is 5.86. The Kier molecular flexibility index (Phi) is 4.34. The molecule has 0 unspecified atom stereocenters. The van der Waals surface area contributed by atoms with Crippen molar-refractivity contribution in [1.82, 2.24) is 15.5 Å². The quantitative estimate of drug-likeness (QED) is 0.743. The second-order valence-electron chi connectivity index (χ2n) is 4.71. The first-order chi connectivity index (χ1) is 11.1. The highest BCUT2D eigenvalue weighted by Crippen LogP contribution is 2.19. The third-order valence-corrected chi connectivity index (χ3v) is 3.43. The van der Waals surface area contributed by atoms with E-state index in [9.17, 15) is 9.18 Å². The monoisotopic (exact) mass is 331 g/mol. The van der Waals surface area contributed by atoms with Crippen LogP contribution in [0, 0.1) is 5.82 Å². The summed E-state index contributed by atoms with van der Waals surface area (Å²) in [6.45, 7) is 0.151. The second kappa shape index (κ2) is 6.58. The summed E-state index contributed by atoms with van der Waals surface area (Å²) < 4.78 is 18.1. The number of rotatable bonds is 4. The van der Waals surface area contributed by atoms with Crippen LogP contribution in [0.1, 0.15) is 16.1 Å². The molecule has 3 aromatic rings. The minimum Gasteiger partial charge on any atom is -0.359 e. The highest BCUT2D eigenvalue weighted by Gasteiger charge is 2.12. The molecule has 1 amide bonds. The number of benzene rings is 1. The van der Waals surface area contributed by atoms with Gasteiger partial charge < -0.3 is 9.84 Å². The normalized spacial score (nSPS) is 10.5. The number of carbonyl (C=O) groups excluding carboxylic acids is 1. The van der Waals surface area contributed by atoms with Crippen molar-refractivity contribution in [2.24, 2.45) is 0 Å². The molecule has 5 nitrogen and oxygen atoms in total. The van der Waals surface area contributed by atoms with E-state index >= 15 is 0 Å². The number of pyridine rings is 1. The first-order valence-corrected chi connectivity index (χ1v) is 7.11. The second-order valence-corrected chi connectivity index (χ2v) is 5.07. The lowest BCUT2D eigenvalue weighted by atomic mass is 10.1. The van der Waals surface area contributed by atoms with Crippen LogP contribution in [0.15, 0.2) is 53.2 Å². The maximum Gasteiger partial charge on any atom is 0.254 e. The van der Waals surface area contributed by atoms with Gasteiger partial charge in [0, 0.05) is 17.8 Å². The Morgan fingerprint density at radius 1 is 1.26 bits per heavy atom. The van der Waals surface area contributed by atoms with Crippen molar-refractivity contribution < 1.29 is 13.7 Å². The molecule has 0 aliphatic heterocycles. The molecule has 0 radical (unpaired) electrons. The van der Waals surface area contributed by atoms with Crippen molar-refractivity contribution in [2.45, 2.75) is 6.54 Å². The molecule has 2 heterocycles. The number of halogens is 2. The Labute approximate surface area is 136 Å². The maximum atomic E-state index is 12.9. The molecular formula is C16H11ClFN3O2. The largest absolute Gasteiger partial charge is 0.359 e. The summed E-state index contributed by atoms with van der Waals surface area (Å²) in [5, 5.41) is 6.70. The highest BCUT2D eigenvalue weighted by molar-refractivity contribution is 6.32. The predicted molar refractivity (Wildman–Crippen MR) is 82.3 cm³/mol. The number of carbonyl (C=O) groups is 1. The Hall–Kier alpha value is -2.73. The van der Waals surface area contributed by atoms with Crippen LogP contribution in [-0.2, 0) is 6.54 Å². The molecule has 0 fully saturated rings. The van der Waals surface area contributed by atoms with Crippen molar-refractivity contribution in [1.29, 1.82) is 0 Å². The average Bonchev–Trinajstić information content (AvgIpc) is 3.03. The number of nitrogens with one attached hydrogen (secondary N) is 1. The van der Waals surface area contributed by atoms with Gasteiger partial charge in [0.05, 0.1) is 12.1 Å². The fourth-order valence-corrected chi connectivity index (χ4v) is 2.18.